The van der Waals surface area contributed by atoms with Crippen LogP contribution >= 0.6 is 11.3 Å². The Morgan fingerprint density at radius 2 is 2.08 bits per heavy atom. The maximum atomic E-state index is 11.7. The minimum Gasteiger partial charge on any atom is -0.465 e. The highest BCUT2D eigenvalue weighted by atomic mass is 32.1. The zero-order valence-corrected chi connectivity index (χ0v) is 15.2. The van der Waals surface area contributed by atoms with Crippen molar-refractivity contribution in [2.75, 3.05) is 5.32 Å². The van der Waals surface area contributed by atoms with Crippen molar-refractivity contribution in [3.8, 4) is 17.3 Å². The molecule has 0 spiro atoms. The van der Waals surface area contributed by atoms with E-state index in [1.165, 1.54) is 11.3 Å². The number of rotatable bonds is 5. The maximum Gasteiger partial charge on any atom is 0.226 e. The van der Waals surface area contributed by atoms with Crippen molar-refractivity contribution in [1.82, 2.24) is 4.98 Å². The van der Waals surface area contributed by atoms with E-state index in [0.29, 0.717) is 16.3 Å². The molecule has 26 heavy (non-hydrogen) atoms. The van der Waals surface area contributed by atoms with Crippen LogP contribution < -0.4 is 5.32 Å². The van der Waals surface area contributed by atoms with Gasteiger partial charge in [0.15, 0.2) is 0 Å². The predicted octanol–water partition coefficient (Wildman–Crippen LogP) is 5.06. The normalized spacial score (nSPS) is 11.4. The van der Waals surface area contributed by atoms with E-state index in [4.69, 9.17) is 4.42 Å². The van der Waals surface area contributed by atoms with Crippen LogP contribution in [-0.4, -0.2) is 10.9 Å². The third kappa shape index (κ3) is 4.08. The lowest BCUT2D eigenvalue weighted by Gasteiger charge is -2.07. The first-order valence-corrected chi connectivity index (χ1v) is 8.97. The summed E-state index contributed by atoms with van der Waals surface area (Å²) in [5.74, 6) is 0.528. The topological polar surface area (TPSA) is 78.9 Å². The van der Waals surface area contributed by atoms with Gasteiger partial charge in [-0.05, 0) is 24.3 Å². The highest BCUT2D eigenvalue weighted by molar-refractivity contribution is 7.11. The van der Waals surface area contributed by atoms with Crippen molar-refractivity contribution in [2.24, 2.45) is 5.92 Å². The fourth-order valence-corrected chi connectivity index (χ4v) is 2.99. The summed E-state index contributed by atoms with van der Waals surface area (Å²) in [7, 11) is 0. The van der Waals surface area contributed by atoms with Gasteiger partial charge in [-0.2, -0.15) is 5.26 Å². The summed E-state index contributed by atoms with van der Waals surface area (Å²) in [5, 5.41) is 14.8. The number of carbonyl (C=O) groups excluding carboxylic acids is 1. The Labute approximate surface area is 155 Å². The summed E-state index contributed by atoms with van der Waals surface area (Å²) in [6.07, 6.45) is 3.24. The quantitative estimate of drug-likeness (QED) is 0.643. The van der Waals surface area contributed by atoms with Crippen LogP contribution in [0.3, 0.4) is 0 Å². The molecule has 0 saturated heterocycles. The number of allylic oxidation sites excluding steroid dienone is 1. The van der Waals surface area contributed by atoms with Crippen molar-refractivity contribution < 1.29 is 9.21 Å². The summed E-state index contributed by atoms with van der Waals surface area (Å²) in [6, 6.07) is 13.2. The van der Waals surface area contributed by atoms with Gasteiger partial charge >= 0.3 is 0 Å². The number of nitrogens with one attached hydrogen (secondary N) is 1. The van der Waals surface area contributed by atoms with Crippen LogP contribution in [0.25, 0.3) is 22.9 Å². The zero-order valence-electron chi connectivity index (χ0n) is 14.4. The molecule has 0 unspecified atom stereocenters. The van der Waals surface area contributed by atoms with E-state index in [2.05, 4.69) is 16.4 Å². The van der Waals surface area contributed by atoms with Crippen molar-refractivity contribution in [3.63, 3.8) is 0 Å². The molecule has 130 valence electrons. The Hall–Kier alpha value is -3.17. The Kier molecular flexibility index (Phi) is 5.30. The van der Waals surface area contributed by atoms with Crippen LogP contribution in [-0.2, 0) is 4.79 Å². The maximum absolute atomic E-state index is 11.7. The molecule has 2 heterocycles. The lowest BCUT2D eigenvalue weighted by Crippen LogP contribution is -2.17. The van der Waals surface area contributed by atoms with Gasteiger partial charge in [-0.15, -0.1) is 11.3 Å². The Bertz CT molecular complexity index is 961. The SMILES string of the molecule is CC(C)C(=O)Nc1ccc(-c2csc(/C(C#N)=C\c3ccco3)n2)cc1. The van der Waals surface area contributed by atoms with E-state index in [-0.39, 0.29) is 11.8 Å². The predicted molar refractivity (Wildman–Crippen MR) is 103 cm³/mol. The van der Waals surface area contributed by atoms with E-state index >= 15 is 0 Å². The molecule has 0 radical (unpaired) electrons. The Morgan fingerprint density at radius 3 is 2.69 bits per heavy atom. The van der Waals surface area contributed by atoms with Gasteiger partial charge in [-0.3, -0.25) is 4.79 Å². The van der Waals surface area contributed by atoms with Crippen LogP contribution in [0.4, 0.5) is 5.69 Å². The van der Waals surface area contributed by atoms with Crippen LogP contribution in [0.15, 0.2) is 52.5 Å². The van der Waals surface area contributed by atoms with E-state index in [1.807, 2.05) is 43.5 Å². The Morgan fingerprint density at radius 1 is 1.31 bits per heavy atom. The molecular weight excluding hydrogens is 346 g/mol. The lowest BCUT2D eigenvalue weighted by molar-refractivity contribution is -0.118. The number of thiazole rings is 1. The van der Waals surface area contributed by atoms with Gasteiger partial charge in [0.2, 0.25) is 5.91 Å². The van der Waals surface area contributed by atoms with Crippen LogP contribution in [0.1, 0.15) is 24.6 Å². The third-order valence-corrected chi connectivity index (χ3v) is 4.53. The van der Waals surface area contributed by atoms with Crippen molar-refractivity contribution in [3.05, 3.63) is 58.8 Å². The number of nitriles is 1. The van der Waals surface area contributed by atoms with Crippen molar-refractivity contribution >= 4 is 34.6 Å². The van der Waals surface area contributed by atoms with Gasteiger partial charge in [-0.1, -0.05) is 26.0 Å². The number of amides is 1. The summed E-state index contributed by atoms with van der Waals surface area (Å²) < 4.78 is 5.26. The molecule has 1 amide bonds. The van der Waals surface area contributed by atoms with Gasteiger partial charge in [0.1, 0.15) is 16.8 Å². The molecule has 3 aromatic rings. The molecule has 0 bridgehead atoms. The molecule has 0 aliphatic rings. The summed E-state index contributed by atoms with van der Waals surface area (Å²) >= 11 is 1.40. The molecule has 0 aliphatic heterocycles. The van der Waals surface area contributed by atoms with E-state index in [9.17, 15) is 10.1 Å². The van der Waals surface area contributed by atoms with Gasteiger partial charge in [0.25, 0.3) is 0 Å². The zero-order chi connectivity index (χ0) is 18.5. The number of nitrogens with zero attached hydrogens (tertiary/aromatic N) is 2. The number of hydrogen-bond donors (Lipinski definition) is 1. The van der Waals surface area contributed by atoms with Crippen LogP contribution in [0.5, 0.6) is 0 Å². The van der Waals surface area contributed by atoms with Gasteiger partial charge in [-0.25, -0.2) is 4.98 Å². The first-order valence-electron chi connectivity index (χ1n) is 8.09. The smallest absolute Gasteiger partial charge is 0.226 e. The molecule has 0 fully saturated rings. The average molecular weight is 363 g/mol. The lowest BCUT2D eigenvalue weighted by atomic mass is 10.1. The first kappa shape index (κ1) is 17.6. The Balaban J connectivity index is 1.79. The van der Waals surface area contributed by atoms with E-state index < -0.39 is 0 Å². The fourth-order valence-electron chi connectivity index (χ4n) is 2.20. The van der Waals surface area contributed by atoms with Crippen molar-refractivity contribution in [2.45, 2.75) is 13.8 Å². The molecule has 0 aliphatic carbocycles. The number of hydrogen-bond acceptors (Lipinski definition) is 5. The highest BCUT2D eigenvalue weighted by Gasteiger charge is 2.11. The molecule has 0 atom stereocenters. The number of furan rings is 1. The summed E-state index contributed by atoms with van der Waals surface area (Å²) in [6.45, 7) is 3.70. The minimum atomic E-state index is -0.0684. The standard InChI is InChI=1S/C20H17N3O2S/c1-13(2)19(24)22-16-7-5-14(6-8-16)18-12-26-20(23-18)15(11-21)10-17-4-3-9-25-17/h3-10,12-13H,1-2H3,(H,22,24)/b15-10-. The first-order chi connectivity index (χ1) is 12.6. The highest BCUT2D eigenvalue weighted by Crippen LogP contribution is 2.28. The van der Waals surface area contributed by atoms with Crippen LogP contribution in [0.2, 0.25) is 0 Å². The van der Waals surface area contributed by atoms with Gasteiger partial charge in [0.05, 0.1) is 17.5 Å². The molecule has 0 saturated carbocycles. The van der Waals surface area contributed by atoms with E-state index in [1.54, 1.807) is 24.5 Å². The molecule has 3 rings (SSSR count). The monoisotopic (exact) mass is 363 g/mol. The second kappa shape index (κ2) is 7.81. The summed E-state index contributed by atoms with van der Waals surface area (Å²) in [4.78, 5) is 16.3. The number of aromatic nitrogens is 1. The molecule has 5 nitrogen and oxygen atoms in total. The number of carbonyl (C=O) groups is 1. The number of benzene rings is 1. The fraction of sp³-hybridized carbons (Fsp3) is 0.150. The molecular formula is C20H17N3O2S. The van der Waals surface area contributed by atoms with Gasteiger partial charge < -0.3 is 9.73 Å². The largest absolute Gasteiger partial charge is 0.465 e. The van der Waals surface area contributed by atoms with Gasteiger partial charge in [0, 0.05) is 28.6 Å². The molecule has 1 N–H and O–H groups in total. The molecule has 2 aromatic heterocycles. The van der Waals surface area contributed by atoms with Crippen molar-refractivity contribution in [1.29, 1.82) is 5.26 Å². The second-order valence-electron chi connectivity index (χ2n) is 5.94. The van der Waals surface area contributed by atoms with E-state index in [0.717, 1.165) is 16.9 Å². The second-order valence-corrected chi connectivity index (χ2v) is 6.80. The average Bonchev–Trinajstić information content (AvgIpc) is 3.32. The molecule has 1 aromatic carbocycles. The summed E-state index contributed by atoms with van der Waals surface area (Å²) in [5.41, 5.74) is 2.91. The van der Waals surface area contributed by atoms with Crippen LogP contribution in [0, 0.1) is 17.2 Å². The third-order valence-electron chi connectivity index (χ3n) is 3.66. The molecule has 6 heteroatoms. The minimum absolute atomic E-state index is 0.0181. The number of anilines is 1.